The third kappa shape index (κ3) is 4.35. The number of para-hydroxylation sites is 1. The standard InChI is InChI=1S/C46H31N3O/c1-3-14-30(15-4-1)43-47-44(31-16-5-2-6-17-31)49-45(48-43)34-19-13-18-32(28-34)33-26-27-42-40(29-33)46(39-24-11-12-25-41(39)50-42)37-22-9-7-20-35(37)36-21-8-10-23-38(36)46/h1-9,11-22,24-29H,10,23H2. The van der Waals surface area contributed by atoms with Crippen molar-refractivity contribution in [2.75, 3.05) is 0 Å². The molecular formula is C46H31N3O. The fourth-order valence-electron chi connectivity index (χ4n) is 8.12. The molecule has 236 valence electrons. The molecule has 1 spiro atoms. The minimum absolute atomic E-state index is 0.433. The molecule has 3 aliphatic rings. The molecule has 0 amide bonds. The third-order valence-corrected chi connectivity index (χ3v) is 10.3. The summed E-state index contributed by atoms with van der Waals surface area (Å²) in [6.45, 7) is 0. The van der Waals surface area contributed by atoms with Gasteiger partial charge < -0.3 is 4.74 Å². The van der Waals surface area contributed by atoms with E-state index in [1.54, 1.807) is 0 Å². The van der Waals surface area contributed by atoms with E-state index in [1.165, 1.54) is 33.4 Å². The molecule has 0 saturated carbocycles. The maximum absolute atomic E-state index is 6.69. The summed E-state index contributed by atoms with van der Waals surface area (Å²) < 4.78 is 6.69. The van der Waals surface area contributed by atoms with E-state index in [0.29, 0.717) is 17.5 Å². The Balaban J connectivity index is 1.15. The quantitative estimate of drug-likeness (QED) is 0.192. The summed E-state index contributed by atoms with van der Waals surface area (Å²) in [5.74, 6) is 3.76. The normalized spacial score (nSPS) is 16.7. The van der Waals surface area contributed by atoms with E-state index in [0.717, 1.165) is 52.2 Å². The van der Waals surface area contributed by atoms with Crippen LogP contribution in [0.4, 0.5) is 0 Å². The van der Waals surface area contributed by atoms with Gasteiger partial charge in [-0.25, -0.2) is 15.0 Å². The second-order valence-corrected chi connectivity index (χ2v) is 13.1. The van der Waals surface area contributed by atoms with Crippen molar-refractivity contribution in [3.05, 3.63) is 192 Å². The van der Waals surface area contributed by atoms with Gasteiger partial charge in [0.2, 0.25) is 0 Å². The lowest BCUT2D eigenvalue weighted by Gasteiger charge is -2.41. The molecule has 1 unspecified atom stereocenters. The number of aromatic nitrogens is 3. The van der Waals surface area contributed by atoms with Gasteiger partial charge in [0, 0.05) is 27.8 Å². The fraction of sp³-hybridized carbons (Fsp3) is 0.0652. The summed E-state index contributed by atoms with van der Waals surface area (Å²) in [6, 6.07) is 53.0. The van der Waals surface area contributed by atoms with E-state index in [9.17, 15) is 0 Å². The average molecular weight is 642 g/mol. The number of hydrogen-bond donors (Lipinski definition) is 0. The van der Waals surface area contributed by atoms with Crippen LogP contribution in [-0.4, -0.2) is 15.0 Å². The molecule has 7 aromatic rings. The Morgan fingerprint density at radius 3 is 1.80 bits per heavy atom. The minimum atomic E-state index is -0.433. The van der Waals surface area contributed by atoms with Gasteiger partial charge in [-0.05, 0) is 70.5 Å². The average Bonchev–Trinajstić information content (AvgIpc) is 3.49. The van der Waals surface area contributed by atoms with Crippen LogP contribution < -0.4 is 4.74 Å². The highest BCUT2D eigenvalue weighted by Crippen LogP contribution is 2.63. The van der Waals surface area contributed by atoms with Crippen molar-refractivity contribution in [2.45, 2.75) is 18.3 Å². The van der Waals surface area contributed by atoms with Crippen molar-refractivity contribution >= 4 is 5.57 Å². The van der Waals surface area contributed by atoms with Gasteiger partial charge in [-0.15, -0.1) is 0 Å². The molecule has 1 aliphatic heterocycles. The Morgan fingerprint density at radius 2 is 1.04 bits per heavy atom. The summed E-state index contributed by atoms with van der Waals surface area (Å²) >= 11 is 0. The topological polar surface area (TPSA) is 47.9 Å². The lowest BCUT2D eigenvalue weighted by Crippen LogP contribution is -2.33. The van der Waals surface area contributed by atoms with Crippen LogP contribution in [0.25, 0.3) is 50.9 Å². The second kappa shape index (κ2) is 11.4. The molecule has 6 aromatic carbocycles. The van der Waals surface area contributed by atoms with Crippen molar-refractivity contribution in [3.8, 4) is 56.8 Å². The molecule has 0 saturated heterocycles. The third-order valence-electron chi connectivity index (χ3n) is 10.3. The van der Waals surface area contributed by atoms with Crippen molar-refractivity contribution in [3.63, 3.8) is 0 Å². The Hall–Kier alpha value is -6.39. The van der Waals surface area contributed by atoms with Gasteiger partial charge in [-0.1, -0.05) is 140 Å². The number of ether oxygens (including phenoxy) is 1. The number of hydrogen-bond acceptors (Lipinski definition) is 4. The van der Waals surface area contributed by atoms with Gasteiger partial charge in [0.1, 0.15) is 11.5 Å². The van der Waals surface area contributed by atoms with Gasteiger partial charge in [0.05, 0.1) is 5.41 Å². The Labute approximate surface area is 291 Å². The zero-order valence-electron chi connectivity index (χ0n) is 27.3. The summed E-state index contributed by atoms with van der Waals surface area (Å²) in [5.41, 5.74) is 12.4. The van der Waals surface area contributed by atoms with Crippen LogP contribution in [0.5, 0.6) is 11.5 Å². The molecule has 4 heteroatoms. The van der Waals surface area contributed by atoms with Gasteiger partial charge >= 0.3 is 0 Å². The largest absolute Gasteiger partial charge is 0.457 e. The van der Waals surface area contributed by atoms with Crippen LogP contribution in [0.1, 0.15) is 35.1 Å². The first kappa shape index (κ1) is 28.6. The summed E-state index contributed by atoms with van der Waals surface area (Å²) in [6.07, 6.45) is 6.67. The number of nitrogens with zero attached hydrogens (tertiary/aromatic N) is 3. The van der Waals surface area contributed by atoms with E-state index in [4.69, 9.17) is 19.7 Å². The SMILES string of the molecule is C1=CC2=C(CC1)C1(c3ccccc3Oc3ccc(-c4cccc(-c5nc(-c6ccccc6)nc(-c6ccccc6)n5)c4)cc31)c1ccccc12. The van der Waals surface area contributed by atoms with Gasteiger partial charge in [0.15, 0.2) is 17.5 Å². The van der Waals surface area contributed by atoms with Crippen molar-refractivity contribution in [2.24, 2.45) is 0 Å². The molecule has 50 heavy (non-hydrogen) atoms. The van der Waals surface area contributed by atoms with E-state index < -0.39 is 5.41 Å². The van der Waals surface area contributed by atoms with Crippen molar-refractivity contribution in [1.82, 2.24) is 15.0 Å². The molecule has 0 radical (unpaired) electrons. The highest BCUT2D eigenvalue weighted by atomic mass is 16.5. The summed E-state index contributed by atoms with van der Waals surface area (Å²) in [5, 5.41) is 0. The monoisotopic (exact) mass is 641 g/mol. The Kier molecular flexibility index (Phi) is 6.50. The van der Waals surface area contributed by atoms with E-state index in [1.807, 2.05) is 60.7 Å². The first-order valence-electron chi connectivity index (χ1n) is 17.2. The predicted octanol–water partition coefficient (Wildman–Crippen LogP) is 11.1. The first-order valence-corrected chi connectivity index (χ1v) is 17.2. The first-order chi connectivity index (χ1) is 24.8. The second-order valence-electron chi connectivity index (χ2n) is 13.1. The lowest BCUT2D eigenvalue weighted by atomic mass is 9.64. The zero-order chi connectivity index (χ0) is 33.1. The molecule has 0 N–H and O–H groups in total. The predicted molar refractivity (Wildman–Crippen MR) is 200 cm³/mol. The maximum atomic E-state index is 6.69. The molecule has 1 atom stereocenters. The van der Waals surface area contributed by atoms with E-state index >= 15 is 0 Å². The van der Waals surface area contributed by atoms with Crippen LogP contribution >= 0.6 is 0 Å². The van der Waals surface area contributed by atoms with Gasteiger partial charge in [0.25, 0.3) is 0 Å². The van der Waals surface area contributed by atoms with Gasteiger partial charge in [-0.3, -0.25) is 0 Å². The van der Waals surface area contributed by atoms with E-state index in [-0.39, 0.29) is 0 Å². The van der Waals surface area contributed by atoms with Crippen molar-refractivity contribution < 1.29 is 4.74 Å². The summed E-state index contributed by atoms with van der Waals surface area (Å²) in [4.78, 5) is 14.9. The number of allylic oxidation sites excluding steroid dienone is 4. The molecule has 4 nitrogen and oxygen atoms in total. The summed E-state index contributed by atoms with van der Waals surface area (Å²) in [7, 11) is 0. The zero-order valence-corrected chi connectivity index (χ0v) is 27.3. The van der Waals surface area contributed by atoms with Crippen LogP contribution in [-0.2, 0) is 5.41 Å². The van der Waals surface area contributed by atoms with Crippen LogP contribution in [0.3, 0.4) is 0 Å². The highest BCUT2D eigenvalue weighted by molar-refractivity contribution is 5.92. The van der Waals surface area contributed by atoms with E-state index in [2.05, 4.69) is 103 Å². The number of rotatable bonds is 4. The molecule has 10 rings (SSSR count). The Bertz CT molecular complexity index is 2460. The lowest BCUT2D eigenvalue weighted by molar-refractivity contribution is 0.432. The molecule has 0 fully saturated rings. The maximum Gasteiger partial charge on any atom is 0.164 e. The van der Waals surface area contributed by atoms with Crippen LogP contribution in [0, 0.1) is 0 Å². The Morgan fingerprint density at radius 1 is 0.460 bits per heavy atom. The molecule has 0 bridgehead atoms. The number of fused-ring (bicyclic) bond motifs is 8. The molecular weight excluding hydrogens is 611 g/mol. The van der Waals surface area contributed by atoms with Crippen LogP contribution in [0.15, 0.2) is 169 Å². The molecule has 2 heterocycles. The molecule has 1 aromatic heterocycles. The number of benzene rings is 6. The fourth-order valence-corrected chi connectivity index (χ4v) is 8.12. The van der Waals surface area contributed by atoms with Crippen molar-refractivity contribution in [1.29, 1.82) is 0 Å². The van der Waals surface area contributed by atoms with Gasteiger partial charge in [-0.2, -0.15) is 0 Å². The van der Waals surface area contributed by atoms with Crippen LogP contribution in [0.2, 0.25) is 0 Å². The minimum Gasteiger partial charge on any atom is -0.457 e. The highest BCUT2D eigenvalue weighted by Gasteiger charge is 2.52. The smallest absolute Gasteiger partial charge is 0.164 e. The molecule has 2 aliphatic carbocycles.